The predicted octanol–water partition coefficient (Wildman–Crippen LogP) is 0.449. The molecule has 0 aliphatic carbocycles. The maximum absolute atomic E-state index is 12.1. The van der Waals surface area contributed by atoms with Crippen molar-refractivity contribution in [1.82, 2.24) is 4.90 Å². The lowest BCUT2D eigenvalue weighted by molar-refractivity contribution is -0.148. The summed E-state index contributed by atoms with van der Waals surface area (Å²) in [5.41, 5.74) is 0.561. The van der Waals surface area contributed by atoms with Gasteiger partial charge in [0, 0.05) is 5.56 Å². The van der Waals surface area contributed by atoms with Gasteiger partial charge in [0.05, 0.1) is 13.2 Å². The summed E-state index contributed by atoms with van der Waals surface area (Å²) in [5, 5.41) is 8.67. The number of benzene rings is 1. The second kappa shape index (κ2) is 4.90. The van der Waals surface area contributed by atoms with E-state index in [0.29, 0.717) is 5.56 Å². The van der Waals surface area contributed by atoms with Crippen molar-refractivity contribution in [2.45, 2.75) is 5.92 Å². The molecule has 0 saturated carbocycles. The van der Waals surface area contributed by atoms with Crippen LogP contribution in [0.4, 0.5) is 0 Å². The molecule has 0 N–H and O–H groups in total. The maximum atomic E-state index is 12.1. The molecule has 0 saturated heterocycles. The number of nitriles is 1. The smallest absolute Gasteiger partial charge is 0.322 e. The number of carbonyl (C=O) groups excluding carboxylic acids is 3. The first-order valence-electron chi connectivity index (χ1n) is 5.51. The Hall–Kier alpha value is -2.68. The molecule has 2 rings (SSSR count). The molecule has 2 amide bonds. The fourth-order valence-electron chi connectivity index (χ4n) is 2.04. The summed E-state index contributed by atoms with van der Waals surface area (Å²) < 4.78 is 4.60. The topological polar surface area (TPSA) is 87.5 Å². The summed E-state index contributed by atoms with van der Waals surface area (Å²) in [6.45, 7) is -0.389. The fraction of sp³-hybridized carbons (Fsp3) is 0.231. The van der Waals surface area contributed by atoms with Crippen LogP contribution in [0.15, 0.2) is 24.3 Å². The molecular weight excluding hydrogens is 248 g/mol. The predicted molar refractivity (Wildman–Crippen MR) is 62.9 cm³/mol. The van der Waals surface area contributed by atoms with Crippen LogP contribution in [0, 0.1) is 11.3 Å². The Morgan fingerprint density at radius 2 is 2.11 bits per heavy atom. The Morgan fingerprint density at radius 3 is 2.74 bits per heavy atom. The second-order valence-corrected chi connectivity index (χ2v) is 3.93. The van der Waals surface area contributed by atoms with E-state index in [2.05, 4.69) is 4.74 Å². The van der Waals surface area contributed by atoms with Crippen LogP contribution in [0.5, 0.6) is 0 Å². The molecule has 0 spiro atoms. The molecular formula is C13H10N2O4. The number of rotatable bonds is 2. The Morgan fingerprint density at radius 1 is 1.42 bits per heavy atom. The van der Waals surface area contributed by atoms with Crippen molar-refractivity contribution in [2.24, 2.45) is 0 Å². The van der Waals surface area contributed by atoms with Crippen molar-refractivity contribution in [2.75, 3.05) is 13.7 Å². The zero-order chi connectivity index (χ0) is 14.0. The van der Waals surface area contributed by atoms with Crippen LogP contribution >= 0.6 is 0 Å². The fourth-order valence-corrected chi connectivity index (χ4v) is 2.04. The molecule has 19 heavy (non-hydrogen) atoms. The highest BCUT2D eigenvalue weighted by Crippen LogP contribution is 2.30. The van der Waals surface area contributed by atoms with Gasteiger partial charge in [0.1, 0.15) is 6.54 Å². The lowest BCUT2D eigenvalue weighted by Crippen LogP contribution is -2.47. The number of hydrogen-bond acceptors (Lipinski definition) is 5. The number of fused-ring (bicyclic) bond motifs is 1. The molecule has 1 atom stereocenters. The lowest BCUT2D eigenvalue weighted by Gasteiger charge is -2.29. The van der Waals surface area contributed by atoms with E-state index in [0.717, 1.165) is 4.90 Å². The molecule has 0 fully saturated rings. The molecule has 1 aromatic carbocycles. The van der Waals surface area contributed by atoms with E-state index in [9.17, 15) is 14.4 Å². The summed E-state index contributed by atoms with van der Waals surface area (Å²) in [5.74, 6) is -3.22. The average molecular weight is 258 g/mol. The lowest BCUT2D eigenvalue weighted by atomic mass is 9.88. The molecule has 1 aliphatic heterocycles. The van der Waals surface area contributed by atoms with Crippen molar-refractivity contribution < 1.29 is 19.1 Å². The molecule has 0 bridgehead atoms. The Balaban J connectivity index is 2.58. The van der Waals surface area contributed by atoms with Gasteiger partial charge in [-0.05, 0) is 11.6 Å². The quantitative estimate of drug-likeness (QED) is 0.332. The molecule has 1 unspecified atom stereocenters. The van der Waals surface area contributed by atoms with Gasteiger partial charge in [0.25, 0.3) is 5.91 Å². The van der Waals surface area contributed by atoms with E-state index >= 15 is 0 Å². The van der Waals surface area contributed by atoms with E-state index in [-0.39, 0.29) is 12.1 Å². The summed E-state index contributed by atoms with van der Waals surface area (Å²) in [7, 11) is 1.17. The molecule has 0 aromatic heterocycles. The minimum atomic E-state index is -1.19. The largest absolute Gasteiger partial charge is 0.468 e. The van der Waals surface area contributed by atoms with Gasteiger partial charge < -0.3 is 4.74 Å². The van der Waals surface area contributed by atoms with Crippen molar-refractivity contribution in [1.29, 1.82) is 5.26 Å². The highest BCUT2D eigenvalue weighted by molar-refractivity contribution is 6.18. The molecule has 1 aliphatic rings. The van der Waals surface area contributed by atoms with Crippen LogP contribution in [-0.2, 0) is 14.3 Å². The SMILES string of the molecule is COC(=O)C1C(=O)N(CC#N)C(=O)c2ccccc21. The van der Waals surface area contributed by atoms with Crippen molar-refractivity contribution in [3.8, 4) is 6.07 Å². The number of esters is 1. The third-order valence-corrected chi connectivity index (χ3v) is 2.93. The zero-order valence-electron chi connectivity index (χ0n) is 10.1. The van der Waals surface area contributed by atoms with E-state index in [4.69, 9.17) is 5.26 Å². The second-order valence-electron chi connectivity index (χ2n) is 3.93. The number of ether oxygens (including phenoxy) is 1. The molecule has 1 heterocycles. The molecule has 6 nitrogen and oxygen atoms in total. The van der Waals surface area contributed by atoms with E-state index < -0.39 is 23.7 Å². The van der Waals surface area contributed by atoms with E-state index in [1.807, 2.05) is 0 Å². The van der Waals surface area contributed by atoms with Crippen LogP contribution < -0.4 is 0 Å². The van der Waals surface area contributed by atoms with E-state index in [1.165, 1.54) is 19.2 Å². The van der Waals surface area contributed by atoms with Gasteiger partial charge in [-0.1, -0.05) is 18.2 Å². The van der Waals surface area contributed by atoms with Gasteiger partial charge in [0.15, 0.2) is 5.92 Å². The number of hydrogen-bond donors (Lipinski definition) is 0. The van der Waals surface area contributed by atoms with Gasteiger partial charge >= 0.3 is 5.97 Å². The molecule has 0 radical (unpaired) electrons. The monoisotopic (exact) mass is 258 g/mol. The van der Waals surface area contributed by atoms with Gasteiger partial charge in [-0.25, -0.2) is 0 Å². The summed E-state index contributed by atoms with van der Waals surface area (Å²) in [4.78, 5) is 36.7. The third kappa shape index (κ3) is 1.95. The van der Waals surface area contributed by atoms with Crippen molar-refractivity contribution >= 4 is 17.8 Å². The van der Waals surface area contributed by atoms with Gasteiger partial charge in [-0.3, -0.25) is 19.3 Å². The first-order chi connectivity index (χ1) is 9.11. The Bertz CT molecular complexity index is 603. The summed E-state index contributed by atoms with van der Waals surface area (Å²) >= 11 is 0. The normalized spacial score (nSPS) is 17.7. The summed E-state index contributed by atoms with van der Waals surface area (Å²) in [6.07, 6.45) is 0. The minimum Gasteiger partial charge on any atom is -0.468 e. The Kier molecular flexibility index (Phi) is 3.29. The number of amides is 2. The van der Waals surface area contributed by atoms with Crippen molar-refractivity contribution in [3.63, 3.8) is 0 Å². The highest BCUT2D eigenvalue weighted by atomic mass is 16.5. The van der Waals surface area contributed by atoms with Crippen LogP contribution in [0.2, 0.25) is 0 Å². The molecule has 6 heteroatoms. The zero-order valence-corrected chi connectivity index (χ0v) is 10.1. The van der Waals surface area contributed by atoms with Crippen molar-refractivity contribution in [3.05, 3.63) is 35.4 Å². The van der Waals surface area contributed by atoms with Crippen LogP contribution in [0.3, 0.4) is 0 Å². The average Bonchev–Trinajstić information content (AvgIpc) is 2.43. The van der Waals surface area contributed by atoms with E-state index in [1.54, 1.807) is 18.2 Å². The molecule has 96 valence electrons. The van der Waals surface area contributed by atoms with Crippen LogP contribution in [0.1, 0.15) is 21.8 Å². The third-order valence-electron chi connectivity index (χ3n) is 2.93. The van der Waals surface area contributed by atoms with Gasteiger partial charge in [0.2, 0.25) is 5.91 Å². The number of methoxy groups -OCH3 is 1. The Labute approximate surface area is 109 Å². The highest BCUT2D eigenvalue weighted by Gasteiger charge is 2.43. The van der Waals surface area contributed by atoms with Gasteiger partial charge in [-0.2, -0.15) is 5.26 Å². The van der Waals surface area contributed by atoms with Crippen LogP contribution in [0.25, 0.3) is 0 Å². The summed E-state index contributed by atoms with van der Waals surface area (Å²) in [6, 6.07) is 8.06. The maximum Gasteiger partial charge on any atom is 0.322 e. The number of carbonyl (C=O) groups is 3. The first-order valence-corrected chi connectivity index (χ1v) is 5.51. The minimum absolute atomic E-state index is 0.243. The van der Waals surface area contributed by atoms with Crippen LogP contribution in [-0.4, -0.2) is 36.3 Å². The standard InChI is InChI=1S/C13H10N2O4/c1-19-13(18)10-8-4-2-3-5-9(8)11(16)15(7-6-14)12(10)17/h2-5,10H,7H2,1H3. The number of nitrogens with zero attached hydrogens (tertiary/aromatic N) is 2. The number of imide groups is 1. The van der Waals surface area contributed by atoms with Gasteiger partial charge in [-0.15, -0.1) is 0 Å². The molecule has 1 aromatic rings. The first kappa shape index (κ1) is 12.8.